The van der Waals surface area contributed by atoms with Gasteiger partial charge >= 0.3 is 0 Å². The van der Waals surface area contributed by atoms with E-state index in [0.29, 0.717) is 5.56 Å². The molecule has 0 fully saturated rings. The molecule has 1 aromatic heterocycles. The SMILES string of the molecule is O=S(=O)(CC=C(Cl)c1ccc(F)cc1)c1cc[nH]n1. The molecule has 0 radical (unpaired) electrons. The Morgan fingerprint density at radius 3 is 2.58 bits per heavy atom. The first-order valence-electron chi connectivity index (χ1n) is 5.33. The van der Waals surface area contributed by atoms with Crippen molar-refractivity contribution in [2.45, 2.75) is 5.03 Å². The number of sulfone groups is 1. The normalized spacial score (nSPS) is 12.6. The quantitative estimate of drug-likeness (QED) is 0.944. The van der Waals surface area contributed by atoms with Crippen LogP contribution in [-0.4, -0.2) is 24.4 Å². The van der Waals surface area contributed by atoms with Crippen molar-refractivity contribution in [1.82, 2.24) is 10.2 Å². The average molecular weight is 301 g/mol. The molecule has 0 unspecified atom stereocenters. The van der Waals surface area contributed by atoms with Crippen LogP contribution in [-0.2, 0) is 9.84 Å². The number of nitrogens with zero attached hydrogens (tertiary/aromatic N) is 1. The molecule has 2 rings (SSSR count). The molecule has 0 spiro atoms. The van der Waals surface area contributed by atoms with Crippen molar-refractivity contribution >= 4 is 26.5 Å². The standard InChI is InChI=1S/C12H10ClFN2O2S/c13-11(9-1-3-10(14)4-2-9)6-8-19(17,18)12-5-7-15-16-12/h1-7H,8H2,(H,15,16). The smallest absolute Gasteiger partial charge is 0.201 e. The Labute approximate surface area is 114 Å². The molecule has 7 heteroatoms. The van der Waals surface area contributed by atoms with Crippen LogP contribution in [0, 0.1) is 5.82 Å². The number of nitrogens with one attached hydrogen (secondary N) is 1. The Bertz CT molecular complexity index is 679. The molecular weight excluding hydrogens is 291 g/mol. The highest BCUT2D eigenvalue weighted by Gasteiger charge is 2.15. The molecule has 0 aliphatic rings. The molecule has 1 heterocycles. The van der Waals surface area contributed by atoms with Gasteiger partial charge in [-0.3, -0.25) is 5.10 Å². The fourth-order valence-electron chi connectivity index (χ4n) is 1.42. The zero-order chi connectivity index (χ0) is 13.9. The van der Waals surface area contributed by atoms with Crippen LogP contribution in [0.1, 0.15) is 5.56 Å². The molecular formula is C12H10ClFN2O2S. The van der Waals surface area contributed by atoms with E-state index < -0.39 is 9.84 Å². The monoisotopic (exact) mass is 300 g/mol. The summed E-state index contributed by atoms with van der Waals surface area (Å²) in [6.07, 6.45) is 2.79. The maximum absolute atomic E-state index is 12.7. The molecule has 2 aromatic rings. The zero-order valence-corrected chi connectivity index (χ0v) is 11.2. The third kappa shape index (κ3) is 3.42. The van der Waals surface area contributed by atoms with Gasteiger partial charge < -0.3 is 0 Å². The predicted octanol–water partition coefficient (Wildman–Crippen LogP) is 2.60. The van der Waals surface area contributed by atoms with Crippen LogP contribution >= 0.6 is 11.6 Å². The van der Waals surface area contributed by atoms with Crippen LogP contribution in [0.15, 0.2) is 47.6 Å². The van der Waals surface area contributed by atoms with Crippen molar-refractivity contribution in [1.29, 1.82) is 0 Å². The van der Waals surface area contributed by atoms with Crippen molar-refractivity contribution in [2.24, 2.45) is 0 Å². The van der Waals surface area contributed by atoms with E-state index >= 15 is 0 Å². The van der Waals surface area contributed by atoms with Gasteiger partial charge in [-0.05, 0) is 29.8 Å². The summed E-state index contributed by atoms with van der Waals surface area (Å²) in [4.78, 5) is 0. The Balaban J connectivity index is 2.17. The lowest BCUT2D eigenvalue weighted by Gasteiger charge is -2.00. The first-order chi connectivity index (χ1) is 8.99. The zero-order valence-electron chi connectivity index (χ0n) is 9.68. The maximum Gasteiger partial charge on any atom is 0.201 e. The molecule has 0 atom stereocenters. The van der Waals surface area contributed by atoms with Gasteiger partial charge in [-0.2, -0.15) is 5.10 Å². The van der Waals surface area contributed by atoms with Gasteiger partial charge in [-0.25, -0.2) is 12.8 Å². The summed E-state index contributed by atoms with van der Waals surface area (Å²) >= 11 is 5.97. The van der Waals surface area contributed by atoms with E-state index in [2.05, 4.69) is 10.2 Å². The number of hydrogen-bond donors (Lipinski definition) is 1. The number of H-pyrrole nitrogens is 1. The van der Waals surface area contributed by atoms with Crippen molar-refractivity contribution in [3.63, 3.8) is 0 Å². The minimum Gasteiger partial charge on any atom is -0.284 e. The Morgan fingerprint density at radius 1 is 1.32 bits per heavy atom. The minimum atomic E-state index is -3.51. The lowest BCUT2D eigenvalue weighted by Crippen LogP contribution is -2.05. The van der Waals surface area contributed by atoms with Crippen LogP contribution in [0.25, 0.3) is 5.03 Å². The highest BCUT2D eigenvalue weighted by atomic mass is 35.5. The number of benzene rings is 1. The second kappa shape index (κ2) is 5.54. The number of aromatic amines is 1. The minimum absolute atomic E-state index is 0.0349. The average Bonchev–Trinajstić information content (AvgIpc) is 2.91. The molecule has 0 saturated heterocycles. The summed E-state index contributed by atoms with van der Waals surface area (Å²) in [5.41, 5.74) is 0.556. The molecule has 0 saturated carbocycles. The van der Waals surface area contributed by atoms with E-state index in [0.717, 1.165) is 0 Å². The third-order valence-electron chi connectivity index (χ3n) is 2.40. The van der Waals surface area contributed by atoms with Gasteiger partial charge in [0.15, 0.2) is 5.03 Å². The van der Waals surface area contributed by atoms with Crippen molar-refractivity contribution < 1.29 is 12.8 Å². The van der Waals surface area contributed by atoms with Gasteiger partial charge in [0.05, 0.1) is 5.75 Å². The molecule has 1 N–H and O–H groups in total. The van der Waals surface area contributed by atoms with Gasteiger partial charge in [0.1, 0.15) is 5.82 Å². The number of hydrogen-bond acceptors (Lipinski definition) is 3. The van der Waals surface area contributed by atoms with Crippen LogP contribution < -0.4 is 0 Å². The molecule has 0 amide bonds. The maximum atomic E-state index is 12.7. The van der Waals surface area contributed by atoms with Crippen LogP contribution in [0.4, 0.5) is 4.39 Å². The molecule has 100 valence electrons. The largest absolute Gasteiger partial charge is 0.284 e. The fourth-order valence-corrected chi connectivity index (χ4v) is 2.73. The van der Waals surface area contributed by atoms with Gasteiger partial charge in [0.2, 0.25) is 9.84 Å². The van der Waals surface area contributed by atoms with Crippen molar-refractivity contribution in [3.05, 3.63) is 54.0 Å². The summed E-state index contributed by atoms with van der Waals surface area (Å²) in [6, 6.07) is 6.85. The molecule has 0 aliphatic carbocycles. The first-order valence-corrected chi connectivity index (χ1v) is 7.36. The third-order valence-corrected chi connectivity index (χ3v) is 4.24. The second-order valence-electron chi connectivity index (χ2n) is 3.75. The predicted molar refractivity (Wildman–Crippen MR) is 70.9 cm³/mol. The van der Waals surface area contributed by atoms with Gasteiger partial charge in [-0.1, -0.05) is 23.7 Å². The van der Waals surface area contributed by atoms with Crippen LogP contribution in [0.5, 0.6) is 0 Å². The van der Waals surface area contributed by atoms with E-state index in [1.165, 1.54) is 42.6 Å². The van der Waals surface area contributed by atoms with Gasteiger partial charge in [-0.15, -0.1) is 0 Å². The molecule has 0 aliphatic heterocycles. The van der Waals surface area contributed by atoms with E-state index in [-0.39, 0.29) is 21.6 Å². The van der Waals surface area contributed by atoms with E-state index in [4.69, 9.17) is 11.6 Å². The topological polar surface area (TPSA) is 62.8 Å². The Kier molecular flexibility index (Phi) is 4.01. The highest BCUT2D eigenvalue weighted by Crippen LogP contribution is 2.20. The summed E-state index contributed by atoms with van der Waals surface area (Å²) in [7, 11) is -3.51. The molecule has 4 nitrogen and oxygen atoms in total. The Morgan fingerprint density at radius 2 is 2.00 bits per heavy atom. The fraction of sp³-hybridized carbons (Fsp3) is 0.0833. The summed E-state index contributed by atoms with van der Waals surface area (Å²) < 4.78 is 36.4. The highest BCUT2D eigenvalue weighted by molar-refractivity contribution is 7.91. The van der Waals surface area contributed by atoms with Crippen molar-refractivity contribution in [3.8, 4) is 0 Å². The summed E-state index contributed by atoms with van der Waals surface area (Å²) in [5, 5.41) is 6.27. The van der Waals surface area contributed by atoms with Gasteiger partial charge in [0.25, 0.3) is 0 Å². The Hall–Kier alpha value is -1.66. The van der Waals surface area contributed by atoms with E-state index in [1.54, 1.807) is 0 Å². The molecule has 0 bridgehead atoms. The second-order valence-corrected chi connectivity index (χ2v) is 6.14. The number of rotatable bonds is 4. The lowest BCUT2D eigenvalue weighted by atomic mass is 10.2. The molecule has 1 aromatic carbocycles. The van der Waals surface area contributed by atoms with Gasteiger partial charge in [0, 0.05) is 11.2 Å². The number of halogens is 2. The first kappa shape index (κ1) is 13.8. The summed E-state index contributed by atoms with van der Waals surface area (Å²) in [5.74, 6) is -0.647. The van der Waals surface area contributed by atoms with E-state index in [1.807, 2.05) is 0 Å². The molecule has 19 heavy (non-hydrogen) atoms. The van der Waals surface area contributed by atoms with Crippen LogP contribution in [0.2, 0.25) is 0 Å². The summed E-state index contributed by atoms with van der Waals surface area (Å²) in [6.45, 7) is 0. The number of aromatic nitrogens is 2. The lowest BCUT2D eigenvalue weighted by molar-refractivity contribution is 0.595. The van der Waals surface area contributed by atoms with E-state index in [9.17, 15) is 12.8 Å². The van der Waals surface area contributed by atoms with Crippen molar-refractivity contribution in [2.75, 3.05) is 5.75 Å². The van der Waals surface area contributed by atoms with Crippen LogP contribution in [0.3, 0.4) is 0 Å².